The molecule has 1 aromatic heterocycles. The van der Waals surface area contributed by atoms with Crippen molar-refractivity contribution in [1.29, 1.82) is 0 Å². The maximum atomic E-state index is 5.76. The summed E-state index contributed by atoms with van der Waals surface area (Å²) in [5.74, 6) is 1.82. The normalized spacial score (nSPS) is 13.2. The van der Waals surface area contributed by atoms with Crippen molar-refractivity contribution in [1.82, 2.24) is 4.57 Å². The molecule has 0 amide bonds. The first-order valence-corrected chi connectivity index (χ1v) is 11.3. The van der Waals surface area contributed by atoms with Gasteiger partial charge in [-0.05, 0) is 47.5 Å². The third-order valence-corrected chi connectivity index (χ3v) is 6.71. The molecule has 0 unspecified atom stereocenters. The minimum Gasteiger partial charge on any atom is -0.496 e. The first-order valence-electron chi connectivity index (χ1n) is 11.3. The summed E-state index contributed by atoms with van der Waals surface area (Å²) in [6, 6.07) is 25.5. The number of hydrogen-bond acceptors (Lipinski definition) is 2. The van der Waals surface area contributed by atoms with Crippen LogP contribution in [0.25, 0.3) is 21.5 Å². The number of ether oxygens (including phenoxy) is 2. The Kier molecular flexibility index (Phi) is 5.51. The summed E-state index contributed by atoms with van der Waals surface area (Å²) in [6.07, 6.45) is 6.46. The van der Waals surface area contributed by atoms with Crippen molar-refractivity contribution in [3.63, 3.8) is 0 Å². The molecule has 0 aliphatic rings. The molecular weight excluding hydrogens is 408 g/mol. The molecule has 2 atom stereocenters. The molecule has 0 saturated carbocycles. The van der Waals surface area contributed by atoms with Crippen LogP contribution >= 0.6 is 0 Å². The van der Waals surface area contributed by atoms with Gasteiger partial charge in [0.05, 0.1) is 14.2 Å². The summed E-state index contributed by atoms with van der Waals surface area (Å²) in [4.78, 5) is 0. The second-order valence-electron chi connectivity index (χ2n) is 8.47. The molecule has 0 radical (unpaired) electrons. The zero-order chi connectivity index (χ0) is 22.9. The van der Waals surface area contributed by atoms with E-state index in [0.29, 0.717) is 0 Å². The molecule has 4 nitrogen and oxygen atoms in total. The molecule has 0 aliphatic carbocycles. The van der Waals surface area contributed by atoms with E-state index in [9.17, 15) is 0 Å². The fourth-order valence-electron chi connectivity index (χ4n) is 4.91. The lowest BCUT2D eigenvalue weighted by molar-refractivity contribution is -0.709. The van der Waals surface area contributed by atoms with E-state index in [0.717, 1.165) is 11.5 Å². The van der Waals surface area contributed by atoms with Crippen LogP contribution < -0.4 is 14.0 Å². The predicted octanol–water partition coefficient (Wildman–Crippen LogP) is 6.32. The maximum Gasteiger partial charge on any atom is 0.244 e. The molecule has 0 bridgehead atoms. The highest BCUT2D eigenvalue weighted by Crippen LogP contribution is 2.36. The van der Waals surface area contributed by atoms with Crippen molar-refractivity contribution in [2.45, 2.75) is 25.9 Å². The van der Waals surface area contributed by atoms with E-state index in [1.807, 2.05) is 0 Å². The van der Waals surface area contributed by atoms with Crippen molar-refractivity contribution in [2.75, 3.05) is 14.2 Å². The zero-order valence-corrected chi connectivity index (χ0v) is 19.5. The van der Waals surface area contributed by atoms with Gasteiger partial charge < -0.3 is 9.47 Å². The van der Waals surface area contributed by atoms with Crippen molar-refractivity contribution in [2.24, 2.45) is 0 Å². The highest BCUT2D eigenvalue weighted by atomic mass is 16.5. The van der Waals surface area contributed by atoms with E-state index in [-0.39, 0.29) is 12.1 Å². The van der Waals surface area contributed by atoms with Gasteiger partial charge in [-0.25, -0.2) is 9.13 Å². The van der Waals surface area contributed by atoms with Crippen LogP contribution in [0.1, 0.15) is 37.1 Å². The largest absolute Gasteiger partial charge is 0.496 e. The molecule has 0 aliphatic heterocycles. The van der Waals surface area contributed by atoms with Crippen molar-refractivity contribution >= 4 is 21.5 Å². The number of hydrogen-bond donors (Lipinski definition) is 0. The van der Waals surface area contributed by atoms with E-state index >= 15 is 0 Å². The Morgan fingerprint density at radius 3 is 1.85 bits per heavy atom. The van der Waals surface area contributed by atoms with E-state index in [1.54, 1.807) is 14.2 Å². The fraction of sp³-hybridized carbons (Fsp3) is 0.207. The lowest BCUT2D eigenvalue weighted by Gasteiger charge is -2.17. The predicted molar refractivity (Wildman–Crippen MR) is 133 cm³/mol. The fourth-order valence-corrected chi connectivity index (χ4v) is 4.91. The summed E-state index contributed by atoms with van der Waals surface area (Å²) in [5, 5.41) is 4.87. The van der Waals surface area contributed by atoms with Gasteiger partial charge in [0.15, 0.2) is 0 Å². The number of methoxy groups -OCH3 is 2. The van der Waals surface area contributed by atoms with Crippen LogP contribution in [0, 0.1) is 0 Å². The summed E-state index contributed by atoms with van der Waals surface area (Å²) in [7, 11) is 3.48. The van der Waals surface area contributed by atoms with Gasteiger partial charge >= 0.3 is 0 Å². The monoisotopic (exact) mass is 437 g/mol. The summed E-state index contributed by atoms with van der Waals surface area (Å²) in [6.45, 7) is 4.44. The SMILES string of the molecule is COc1ccc2ccccc2c1[C@@H](C)n1cc[n+]([C@H](C)c2c(OC)ccc3ccccc23)c1. The molecule has 5 aromatic rings. The molecule has 4 aromatic carbocycles. The number of imidazole rings is 1. The molecule has 166 valence electrons. The van der Waals surface area contributed by atoms with Gasteiger partial charge in [-0.2, -0.15) is 0 Å². The molecule has 0 spiro atoms. The minimum absolute atomic E-state index is 0.105. The van der Waals surface area contributed by atoms with Gasteiger partial charge in [-0.3, -0.25) is 0 Å². The first kappa shape index (κ1) is 21.1. The smallest absolute Gasteiger partial charge is 0.244 e. The third kappa shape index (κ3) is 3.62. The minimum atomic E-state index is 0.105. The van der Waals surface area contributed by atoms with Crippen LogP contribution in [0.2, 0.25) is 0 Å². The molecule has 5 rings (SSSR count). The Labute approximate surface area is 194 Å². The van der Waals surface area contributed by atoms with E-state index < -0.39 is 0 Å². The number of fused-ring (bicyclic) bond motifs is 2. The lowest BCUT2D eigenvalue weighted by atomic mass is 9.98. The second-order valence-corrected chi connectivity index (χ2v) is 8.47. The van der Waals surface area contributed by atoms with Crippen LogP contribution in [0.3, 0.4) is 0 Å². The topological polar surface area (TPSA) is 27.3 Å². The Balaban J connectivity index is 1.58. The van der Waals surface area contributed by atoms with Crippen LogP contribution in [0.15, 0.2) is 91.5 Å². The standard InChI is InChI=1S/C29H29N2O2/c1-20(28-24-11-7-5-9-22(24)13-15-26(28)32-3)30-17-18-31(19-30)21(2)29-25-12-8-6-10-23(25)14-16-27(29)33-4/h5-21H,1-4H3/q+1/t20-,21-/m1/s1. The van der Waals surface area contributed by atoms with E-state index in [2.05, 4.69) is 114 Å². The van der Waals surface area contributed by atoms with Crippen LogP contribution in [0.5, 0.6) is 11.5 Å². The number of aromatic nitrogens is 2. The molecule has 33 heavy (non-hydrogen) atoms. The van der Waals surface area contributed by atoms with Crippen LogP contribution in [0.4, 0.5) is 0 Å². The number of nitrogens with zero attached hydrogens (tertiary/aromatic N) is 2. The first-order chi connectivity index (χ1) is 16.1. The molecule has 1 heterocycles. The van der Waals surface area contributed by atoms with Crippen molar-refractivity contribution in [3.8, 4) is 11.5 Å². The third-order valence-electron chi connectivity index (χ3n) is 6.71. The van der Waals surface area contributed by atoms with Crippen LogP contribution in [-0.2, 0) is 0 Å². The number of benzene rings is 4. The van der Waals surface area contributed by atoms with Crippen molar-refractivity contribution < 1.29 is 14.0 Å². The zero-order valence-electron chi connectivity index (χ0n) is 19.5. The Morgan fingerprint density at radius 2 is 1.24 bits per heavy atom. The van der Waals surface area contributed by atoms with Crippen LogP contribution in [-0.4, -0.2) is 18.8 Å². The molecule has 0 fully saturated rings. The molecular formula is C29H29N2O2+. The van der Waals surface area contributed by atoms with Gasteiger partial charge in [-0.15, -0.1) is 0 Å². The van der Waals surface area contributed by atoms with Gasteiger partial charge in [0.25, 0.3) is 0 Å². The average Bonchev–Trinajstić information content (AvgIpc) is 3.37. The average molecular weight is 438 g/mol. The quantitative estimate of drug-likeness (QED) is 0.291. The van der Waals surface area contributed by atoms with Gasteiger partial charge in [0.2, 0.25) is 6.33 Å². The second kappa shape index (κ2) is 8.62. The number of rotatable bonds is 6. The van der Waals surface area contributed by atoms with E-state index in [4.69, 9.17) is 9.47 Å². The Hall–Kier alpha value is -3.79. The maximum absolute atomic E-state index is 5.76. The van der Waals surface area contributed by atoms with E-state index in [1.165, 1.54) is 32.7 Å². The summed E-state index contributed by atoms with van der Waals surface area (Å²) in [5.41, 5.74) is 2.38. The summed E-state index contributed by atoms with van der Waals surface area (Å²) < 4.78 is 16.0. The van der Waals surface area contributed by atoms with Gasteiger partial charge in [-0.1, -0.05) is 60.7 Å². The lowest BCUT2D eigenvalue weighted by Crippen LogP contribution is -2.36. The summed E-state index contributed by atoms with van der Waals surface area (Å²) >= 11 is 0. The van der Waals surface area contributed by atoms with Gasteiger partial charge in [0.1, 0.15) is 36.0 Å². The Morgan fingerprint density at radius 1 is 0.697 bits per heavy atom. The highest BCUT2D eigenvalue weighted by molar-refractivity contribution is 5.89. The Bertz CT molecular complexity index is 1330. The van der Waals surface area contributed by atoms with Gasteiger partial charge in [0, 0.05) is 11.1 Å². The molecule has 0 saturated heterocycles. The highest BCUT2D eigenvalue weighted by Gasteiger charge is 2.25. The molecule has 0 N–H and O–H groups in total. The molecule has 4 heteroatoms. The van der Waals surface area contributed by atoms with Crippen molar-refractivity contribution in [3.05, 3.63) is 103 Å².